The van der Waals surface area contributed by atoms with Crippen molar-refractivity contribution in [2.24, 2.45) is 5.92 Å². The molecule has 0 saturated carbocycles. The van der Waals surface area contributed by atoms with Crippen LogP contribution >= 0.6 is 0 Å². The Kier molecular flexibility index (Phi) is 8.39. The molecule has 2 aromatic rings. The van der Waals surface area contributed by atoms with E-state index < -0.39 is 11.6 Å². The van der Waals surface area contributed by atoms with E-state index in [1.54, 1.807) is 0 Å². The lowest BCUT2D eigenvalue weighted by atomic mass is 9.85. The highest BCUT2D eigenvalue weighted by Gasteiger charge is 2.15. The van der Waals surface area contributed by atoms with Crippen LogP contribution in [0, 0.1) is 17.6 Å². The lowest BCUT2D eigenvalue weighted by Gasteiger charge is -2.25. The topological polar surface area (TPSA) is 3.24 Å². The molecule has 1 atom stereocenters. The van der Waals surface area contributed by atoms with Crippen molar-refractivity contribution in [2.45, 2.75) is 72.3 Å². The van der Waals surface area contributed by atoms with E-state index in [0.29, 0.717) is 23.9 Å². The van der Waals surface area contributed by atoms with E-state index in [9.17, 15) is 8.78 Å². The van der Waals surface area contributed by atoms with Gasteiger partial charge in [0, 0.05) is 12.6 Å². The first kappa shape index (κ1) is 23.5. The zero-order valence-corrected chi connectivity index (χ0v) is 18.9. The van der Waals surface area contributed by atoms with Crippen molar-refractivity contribution >= 4 is 0 Å². The number of rotatable bonds is 9. The highest BCUT2D eigenvalue weighted by atomic mass is 19.1. The van der Waals surface area contributed by atoms with E-state index in [2.05, 4.69) is 70.7 Å². The Balaban J connectivity index is 2.02. The summed E-state index contributed by atoms with van der Waals surface area (Å²) in [6.07, 6.45) is 2.09. The third-order valence-corrected chi connectivity index (χ3v) is 5.58. The van der Waals surface area contributed by atoms with Crippen LogP contribution < -0.4 is 0 Å². The molecule has 0 saturated heterocycles. The van der Waals surface area contributed by atoms with E-state index in [1.165, 1.54) is 23.3 Å². The Morgan fingerprint density at radius 2 is 1.38 bits per heavy atom. The minimum absolute atomic E-state index is 0.162. The summed E-state index contributed by atoms with van der Waals surface area (Å²) >= 11 is 0. The number of nitrogens with zero attached hydrogens (tertiary/aromatic N) is 1. The first-order chi connectivity index (χ1) is 13.5. The lowest BCUT2D eigenvalue weighted by molar-refractivity contribution is 0.241. The number of hydrogen-bond acceptors (Lipinski definition) is 1. The second kappa shape index (κ2) is 10.3. The van der Waals surface area contributed by atoms with Gasteiger partial charge in [0.25, 0.3) is 0 Å². The van der Waals surface area contributed by atoms with E-state index in [1.807, 2.05) is 0 Å². The van der Waals surface area contributed by atoms with Crippen LogP contribution in [0.1, 0.15) is 77.0 Å². The standard InChI is InChI=1S/C26H37F2N/c1-19(2)11-13-29(18-21-15-24(27)17-25(28)16-21)14-12-20(3)22-7-9-23(10-8-22)26(4,5)6/h7-10,15-17,19-20H,11-14,18H2,1-6H3. The molecule has 0 bridgehead atoms. The summed E-state index contributed by atoms with van der Waals surface area (Å²) in [6, 6.07) is 12.8. The van der Waals surface area contributed by atoms with E-state index in [-0.39, 0.29) is 5.41 Å². The Morgan fingerprint density at radius 3 is 1.90 bits per heavy atom. The minimum Gasteiger partial charge on any atom is -0.299 e. The molecule has 0 heterocycles. The Bertz CT molecular complexity index is 739. The molecule has 2 rings (SSSR count). The van der Waals surface area contributed by atoms with Crippen LogP contribution in [-0.2, 0) is 12.0 Å². The summed E-state index contributed by atoms with van der Waals surface area (Å²) in [5.74, 6) is 0.0335. The quantitative estimate of drug-likeness (QED) is 0.426. The second-order valence-corrected chi connectivity index (χ2v) is 9.80. The zero-order valence-electron chi connectivity index (χ0n) is 18.9. The molecule has 160 valence electrons. The molecule has 1 unspecified atom stereocenters. The summed E-state index contributed by atoms with van der Waals surface area (Å²) in [6.45, 7) is 15.8. The van der Waals surface area contributed by atoms with Gasteiger partial charge in [-0.1, -0.05) is 65.8 Å². The molecule has 0 aromatic heterocycles. The molecule has 0 N–H and O–H groups in total. The minimum atomic E-state index is -0.504. The van der Waals surface area contributed by atoms with E-state index >= 15 is 0 Å². The van der Waals surface area contributed by atoms with Gasteiger partial charge in [-0.3, -0.25) is 4.90 Å². The summed E-state index contributed by atoms with van der Waals surface area (Å²) in [5, 5.41) is 0. The molecule has 29 heavy (non-hydrogen) atoms. The molecule has 3 heteroatoms. The van der Waals surface area contributed by atoms with Gasteiger partial charge in [-0.05, 0) is 72.0 Å². The zero-order chi connectivity index (χ0) is 21.6. The molecule has 0 radical (unpaired) electrons. The van der Waals surface area contributed by atoms with Gasteiger partial charge in [0.2, 0.25) is 0 Å². The van der Waals surface area contributed by atoms with Gasteiger partial charge in [-0.15, -0.1) is 0 Å². The summed E-state index contributed by atoms with van der Waals surface area (Å²) < 4.78 is 27.2. The summed E-state index contributed by atoms with van der Waals surface area (Å²) in [4.78, 5) is 2.33. The van der Waals surface area contributed by atoms with Gasteiger partial charge >= 0.3 is 0 Å². The maximum Gasteiger partial charge on any atom is 0.126 e. The van der Waals surface area contributed by atoms with E-state index in [4.69, 9.17) is 0 Å². The third-order valence-electron chi connectivity index (χ3n) is 5.58. The maximum absolute atomic E-state index is 13.6. The Morgan fingerprint density at radius 1 is 0.828 bits per heavy atom. The average Bonchev–Trinajstić information content (AvgIpc) is 2.62. The Hall–Kier alpha value is -1.74. The van der Waals surface area contributed by atoms with Crippen LogP contribution in [0.25, 0.3) is 0 Å². The van der Waals surface area contributed by atoms with Crippen molar-refractivity contribution in [3.05, 3.63) is 70.8 Å². The predicted molar refractivity (Wildman–Crippen MR) is 119 cm³/mol. The smallest absolute Gasteiger partial charge is 0.126 e. The van der Waals surface area contributed by atoms with Crippen LogP contribution in [0.2, 0.25) is 0 Å². The fourth-order valence-corrected chi connectivity index (χ4v) is 3.53. The van der Waals surface area contributed by atoms with Gasteiger partial charge < -0.3 is 0 Å². The van der Waals surface area contributed by atoms with Crippen LogP contribution in [-0.4, -0.2) is 18.0 Å². The van der Waals surface area contributed by atoms with Crippen molar-refractivity contribution in [3.8, 4) is 0 Å². The fraction of sp³-hybridized carbons (Fsp3) is 0.538. The van der Waals surface area contributed by atoms with Crippen LogP contribution in [0.5, 0.6) is 0 Å². The average molecular weight is 402 g/mol. The molecule has 0 amide bonds. The van der Waals surface area contributed by atoms with Gasteiger partial charge in [0.15, 0.2) is 0 Å². The Labute approximate surface area is 176 Å². The van der Waals surface area contributed by atoms with Crippen molar-refractivity contribution in [2.75, 3.05) is 13.1 Å². The first-order valence-corrected chi connectivity index (χ1v) is 10.8. The maximum atomic E-state index is 13.6. The number of halogens is 2. The summed E-state index contributed by atoms with van der Waals surface area (Å²) in [5.41, 5.74) is 3.56. The molecule has 0 aliphatic carbocycles. The SMILES string of the molecule is CC(C)CCN(CCC(C)c1ccc(C(C)(C)C)cc1)Cc1cc(F)cc(F)c1. The van der Waals surface area contributed by atoms with Crippen molar-refractivity contribution in [3.63, 3.8) is 0 Å². The largest absolute Gasteiger partial charge is 0.299 e. The van der Waals surface area contributed by atoms with Gasteiger partial charge in [0.05, 0.1) is 0 Å². The van der Waals surface area contributed by atoms with Crippen molar-refractivity contribution in [1.29, 1.82) is 0 Å². The molecule has 0 aliphatic heterocycles. The molecule has 0 aliphatic rings. The highest BCUT2D eigenvalue weighted by molar-refractivity contribution is 5.29. The normalized spacial score (nSPS) is 13.3. The molecule has 1 nitrogen and oxygen atoms in total. The molecule has 2 aromatic carbocycles. The van der Waals surface area contributed by atoms with Crippen LogP contribution in [0.15, 0.2) is 42.5 Å². The fourth-order valence-electron chi connectivity index (χ4n) is 3.53. The number of benzene rings is 2. The third kappa shape index (κ3) is 7.89. The monoisotopic (exact) mass is 401 g/mol. The van der Waals surface area contributed by atoms with E-state index in [0.717, 1.165) is 32.0 Å². The molecule has 0 spiro atoms. The second-order valence-electron chi connectivity index (χ2n) is 9.80. The predicted octanol–water partition coefficient (Wildman–Crippen LogP) is 7.30. The molecular formula is C26H37F2N. The first-order valence-electron chi connectivity index (χ1n) is 10.8. The van der Waals surface area contributed by atoms with Crippen molar-refractivity contribution in [1.82, 2.24) is 4.90 Å². The molecular weight excluding hydrogens is 364 g/mol. The van der Waals surface area contributed by atoms with Gasteiger partial charge in [-0.25, -0.2) is 8.78 Å². The molecule has 0 fully saturated rings. The lowest BCUT2D eigenvalue weighted by Crippen LogP contribution is -2.27. The van der Waals surface area contributed by atoms with Crippen LogP contribution in [0.3, 0.4) is 0 Å². The van der Waals surface area contributed by atoms with Gasteiger partial charge in [0.1, 0.15) is 11.6 Å². The van der Waals surface area contributed by atoms with Gasteiger partial charge in [-0.2, -0.15) is 0 Å². The highest BCUT2D eigenvalue weighted by Crippen LogP contribution is 2.26. The number of hydrogen-bond donors (Lipinski definition) is 0. The van der Waals surface area contributed by atoms with Crippen molar-refractivity contribution < 1.29 is 8.78 Å². The summed E-state index contributed by atoms with van der Waals surface area (Å²) in [7, 11) is 0. The van der Waals surface area contributed by atoms with Crippen LogP contribution in [0.4, 0.5) is 8.78 Å².